The lowest BCUT2D eigenvalue weighted by atomic mass is 10.2. The van der Waals surface area contributed by atoms with E-state index in [4.69, 9.17) is 11.6 Å². The van der Waals surface area contributed by atoms with Crippen molar-refractivity contribution in [3.05, 3.63) is 29.3 Å². The van der Waals surface area contributed by atoms with E-state index < -0.39 is 24.6 Å². The molecule has 1 aliphatic heterocycles. The highest BCUT2D eigenvalue weighted by molar-refractivity contribution is 14.0. The van der Waals surface area contributed by atoms with Crippen LogP contribution in [0.5, 0.6) is 0 Å². The Kier molecular flexibility index (Phi) is 9.00. The zero-order chi connectivity index (χ0) is 20.3. The zero-order valence-electron chi connectivity index (χ0n) is 16.0. The van der Waals surface area contributed by atoms with E-state index in [9.17, 15) is 16.8 Å². The van der Waals surface area contributed by atoms with E-state index in [0.29, 0.717) is 30.6 Å². The molecule has 0 radical (unpaired) electrons. The van der Waals surface area contributed by atoms with Crippen LogP contribution in [-0.4, -0.2) is 71.4 Å². The lowest BCUT2D eigenvalue weighted by Gasteiger charge is -2.39. The van der Waals surface area contributed by atoms with Gasteiger partial charge in [-0.3, -0.25) is 4.99 Å². The summed E-state index contributed by atoms with van der Waals surface area (Å²) in [6, 6.07) is 6.03. The largest absolute Gasteiger partial charge is 0.355 e. The number of nitrogens with zero attached hydrogens (tertiary/aromatic N) is 2. The summed E-state index contributed by atoms with van der Waals surface area (Å²) in [6.45, 7) is 4.50. The van der Waals surface area contributed by atoms with E-state index >= 15 is 0 Å². The van der Waals surface area contributed by atoms with Crippen molar-refractivity contribution < 1.29 is 16.8 Å². The van der Waals surface area contributed by atoms with Crippen molar-refractivity contribution in [2.75, 3.05) is 39.0 Å². The Bertz CT molecular complexity index is 920. The summed E-state index contributed by atoms with van der Waals surface area (Å²) in [7, 11) is -5.19. The Morgan fingerprint density at radius 2 is 2.00 bits per heavy atom. The summed E-state index contributed by atoms with van der Waals surface area (Å²) in [5.74, 6) is 0.599. The monoisotopic (exact) mass is 564 g/mol. The van der Waals surface area contributed by atoms with E-state index in [2.05, 4.69) is 15.0 Å². The van der Waals surface area contributed by atoms with Gasteiger partial charge in [-0.1, -0.05) is 17.7 Å². The first-order valence-corrected chi connectivity index (χ1v) is 11.9. The van der Waals surface area contributed by atoms with Crippen LogP contribution in [0.3, 0.4) is 0 Å². The molecule has 2 N–H and O–H groups in total. The molecule has 0 amide bonds. The standard InChI is InChI=1S/C16H25ClN4O4S2.HI/c1-16(2)12-21(9-10-26(16,22)23)15(18-3)19-7-8-20-27(24,25)14-6-4-5-13(17)11-14;/h4-6,11,20H,7-10,12H2,1-3H3,(H,18,19);1H. The number of nitrogens with one attached hydrogen (secondary N) is 2. The minimum atomic E-state index is -3.65. The highest BCUT2D eigenvalue weighted by Gasteiger charge is 2.40. The Morgan fingerprint density at radius 3 is 2.57 bits per heavy atom. The lowest BCUT2D eigenvalue weighted by molar-refractivity contribution is 0.353. The average Bonchev–Trinajstić information content (AvgIpc) is 2.58. The molecule has 2 rings (SSSR count). The molecule has 1 saturated heterocycles. The van der Waals surface area contributed by atoms with Gasteiger partial charge in [0.05, 0.1) is 15.4 Å². The van der Waals surface area contributed by atoms with Crippen LogP contribution in [0.4, 0.5) is 0 Å². The first-order valence-electron chi connectivity index (χ1n) is 8.42. The van der Waals surface area contributed by atoms with Crippen molar-refractivity contribution in [3.63, 3.8) is 0 Å². The lowest BCUT2D eigenvalue weighted by Crippen LogP contribution is -2.57. The van der Waals surface area contributed by atoms with Crippen molar-refractivity contribution in [3.8, 4) is 0 Å². The predicted octanol–water partition coefficient (Wildman–Crippen LogP) is 1.32. The highest BCUT2D eigenvalue weighted by Crippen LogP contribution is 2.23. The van der Waals surface area contributed by atoms with Gasteiger partial charge in [0.2, 0.25) is 10.0 Å². The van der Waals surface area contributed by atoms with Gasteiger partial charge in [-0.15, -0.1) is 24.0 Å². The molecule has 1 fully saturated rings. The number of sulfonamides is 1. The molecule has 0 aromatic heterocycles. The highest BCUT2D eigenvalue weighted by atomic mass is 127. The summed E-state index contributed by atoms with van der Waals surface area (Å²) in [5, 5.41) is 3.41. The Hall–Kier alpha value is -0.630. The van der Waals surface area contributed by atoms with Crippen molar-refractivity contribution in [2.45, 2.75) is 23.5 Å². The van der Waals surface area contributed by atoms with Gasteiger partial charge in [0.25, 0.3) is 0 Å². The smallest absolute Gasteiger partial charge is 0.240 e. The van der Waals surface area contributed by atoms with Crippen LogP contribution in [0.15, 0.2) is 34.2 Å². The maximum Gasteiger partial charge on any atom is 0.240 e. The number of hydrogen-bond donors (Lipinski definition) is 2. The van der Waals surface area contributed by atoms with Gasteiger partial charge in [-0.05, 0) is 32.0 Å². The van der Waals surface area contributed by atoms with Crippen molar-refractivity contribution in [1.82, 2.24) is 14.9 Å². The molecule has 28 heavy (non-hydrogen) atoms. The number of hydrogen-bond acceptors (Lipinski definition) is 5. The Balaban J connectivity index is 0.00000392. The van der Waals surface area contributed by atoms with Crippen LogP contribution in [0.2, 0.25) is 5.02 Å². The molecule has 0 atom stereocenters. The maximum absolute atomic E-state index is 12.3. The number of sulfone groups is 1. The second-order valence-electron chi connectivity index (χ2n) is 6.83. The van der Waals surface area contributed by atoms with E-state index in [-0.39, 0.29) is 41.2 Å². The Morgan fingerprint density at radius 1 is 1.32 bits per heavy atom. The summed E-state index contributed by atoms with van der Waals surface area (Å²) in [6.07, 6.45) is 0. The van der Waals surface area contributed by atoms with Crippen molar-refractivity contribution in [2.24, 2.45) is 4.99 Å². The molecule has 0 aliphatic carbocycles. The summed E-state index contributed by atoms with van der Waals surface area (Å²) in [5.41, 5.74) is 0. The van der Waals surface area contributed by atoms with Crippen LogP contribution in [0, 0.1) is 0 Å². The van der Waals surface area contributed by atoms with Crippen LogP contribution in [-0.2, 0) is 19.9 Å². The minimum Gasteiger partial charge on any atom is -0.355 e. The first kappa shape index (κ1) is 25.4. The van der Waals surface area contributed by atoms with Crippen LogP contribution in [0.25, 0.3) is 0 Å². The average molecular weight is 565 g/mol. The van der Waals surface area contributed by atoms with Gasteiger partial charge in [0, 0.05) is 38.2 Å². The molecule has 0 spiro atoms. The van der Waals surface area contributed by atoms with Crippen molar-refractivity contribution in [1.29, 1.82) is 0 Å². The SMILES string of the molecule is CN=C(NCCNS(=O)(=O)c1cccc(Cl)c1)N1CCS(=O)(=O)C(C)(C)C1.I. The molecule has 160 valence electrons. The summed E-state index contributed by atoms with van der Waals surface area (Å²) in [4.78, 5) is 6.14. The molecule has 1 aromatic carbocycles. The number of benzene rings is 1. The van der Waals surface area contributed by atoms with Crippen LogP contribution >= 0.6 is 35.6 Å². The van der Waals surface area contributed by atoms with Gasteiger partial charge >= 0.3 is 0 Å². The number of aliphatic imine (C=N–C) groups is 1. The molecule has 0 saturated carbocycles. The van der Waals surface area contributed by atoms with Crippen LogP contribution in [0.1, 0.15) is 13.8 Å². The normalized spacial score (nSPS) is 19.0. The second-order valence-corrected chi connectivity index (χ2v) is 11.8. The van der Waals surface area contributed by atoms with E-state index in [1.807, 2.05) is 4.90 Å². The third kappa shape index (κ3) is 6.18. The molecule has 0 bridgehead atoms. The number of guanidine groups is 1. The second kappa shape index (κ2) is 9.92. The third-order valence-corrected chi connectivity index (χ3v) is 8.59. The fourth-order valence-corrected chi connectivity index (χ4v) is 5.43. The minimum absolute atomic E-state index is 0. The molecule has 8 nitrogen and oxygen atoms in total. The number of rotatable bonds is 5. The zero-order valence-corrected chi connectivity index (χ0v) is 20.7. The molecule has 1 heterocycles. The van der Waals surface area contributed by atoms with Gasteiger partial charge in [-0.2, -0.15) is 0 Å². The quantitative estimate of drug-likeness (QED) is 0.242. The Labute approximate surface area is 189 Å². The fourth-order valence-electron chi connectivity index (χ4n) is 2.73. The van der Waals surface area contributed by atoms with E-state index in [0.717, 1.165) is 0 Å². The van der Waals surface area contributed by atoms with Gasteiger partial charge < -0.3 is 10.2 Å². The molecule has 1 aromatic rings. The molecule has 0 unspecified atom stereocenters. The molecule has 1 aliphatic rings. The van der Waals surface area contributed by atoms with Gasteiger partial charge in [-0.25, -0.2) is 21.6 Å². The van der Waals surface area contributed by atoms with E-state index in [1.54, 1.807) is 33.0 Å². The molecular formula is C16H26ClIN4O4S2. The molecule has 12 heteroatoms. The van der Waals surface area contributed by atoms with Crippen LogP contribution < -0.4 is 10.0 Å². The third-order valence-electron chi connectivity index (χ3n) is 4.36. The number of halogens is 2. The topological polar surface area (TPSA) is 108 Å². The summed E-state index contributed by atoms with van der Waals surface area (Å²) >= 11 is 5.83. The van der Waals surface area contributed by atoms with E-state index in [1.165, 1.54) is 12.1 Å². The van der Waals surface area contributed by atoms with Gasteiger partial charge in [0.1, 0.15) is 0 Å². The summed E-state index contributed by atoms with van der Waals surface area (Å²) < 4.78 is 50.4. The first-order chi connectivity index (χ1) is 12.5. The van der Waals surface area contributed by atoms with Gasteiger partial charge in [0.15, 0.2) is 15.8 Å². The maximum atomic E-state index is 12.3. The molecular weight excluding hydrogens is 539 g/mol. The van der Waals surface area contributed by atoms with Crippen molar-refractivity contribution >= 4 is 61.4 Å². The fraction of sp³-hybridized carbons (Fsp3) is 0.562. The predicted molar refractivity (Wildman–Crippen MR) is 123 cm³/mol.